The number of aromatic nitrogens is 4. The molecule has 14 nitrogen and oxygen atoms in total. The van der Waals surface area contributed by atoms with Crippen LogP contribution in [0.15, 0.2) is 73.1 Å². The van der Waals surface area contributed by atoms with Crippen LogP contribution < -0.4 is 10.6 Å². The Morgan fingerprint density at radius 3 is 2.03 bits per heavy atom. The molecule has 5 aliphatic rings. The second-order valence-electron chi connectivity index (χ2n) is 18.6. The largest absolute Gasteiger partial charge is 0.453 e. The number of alkyl carbamates (subject to hydrolysis) is 2. The standard InChI is InChI=1S/C48H54N8O6/c1-26(2)39(53-46(59)61-3)44(57)55-25-48(17-18-48)22-38(55)42-49-23-36(51-42)28-7-5-27(6-8-28)30-11-12-32-20-33(14-13-31(32)19-30)37-24-50-43(52-37)41-34-15-16-35(21-34)56(41)45(58)40(29-9-10-29)54-47(60)62-4/h5-8,11-14,19-20,23-24,26,29,34-35,38-41H,9-10,15-18,21-22,25H2,1-4H3,(H,49,51)(H,50,52)(H,53,59)(H,54,60)/t34-,35+,38-,39-,40-,41?/m0/s1. The molecule has 0 radical (unpaired) electrons. The number of likely N-dealkylation sites (tertiary alicyclic amines) is 2. The van der Waals surface area contributed by atoms with E-state index in [4.69, 9.17) is 19.4 Å². The number of rotatable bonds is 11. The lowest BCUT2D eigenvalue weighted by atomic mass is 9.96. The van der Waals surface area contributed by atoms with Crippen molar-refractivity contribution in [2.75, 3.05) is 20.8 Å². The third-order valence-electron chi connectivity index (χ3n) is 14.3. The number of nitrogens with one attached hydrogen (secondary N) is 4. The number of aromatic amines is 2. The second-order valence-corrected chi connectivity index (χ2v) is 18.6. The molecule has 4 heterocycles. The minimum absolute atomic E-state index is 0.0280. The summed E-state index contributed by atoms with van der Waals surface area (Å²) in [6, 6.07) is 19.9. The Hall–Kier alpha value is -6.18. The third kappa shape index (κ3) is 7.36. The molecule has 4 amide bonds. The van der Waals surface area contributed by atoms with Gasteiger partial charge in [0.2, 0.25) is 11.8 Å². The Morgan fingerprint density at radius 2 is 1.35 bits per heavy atom. The maximum absolute atomic E-state index is 14.0. The number of H-pyrrole nitrogens is 2. The third-order valence-corrected chi connectivity index (χ3v) is 14.3. The van der Waals surface area contributed by atoms with Gasteiger partial charge in [0, 0.05) is 18.2 Å². The van der Waals surface area contributed by atoms with Gasteiger partial charge in [-0.1, -0.05) is 62.4 Å². The number of amides is 4. The summed E-state index contributed by atoms with van der Waals surface area (Å²) in [5.41, 5.74) is 6.13. The van der Waals surface area contributed by atoms with E-state index in [1.165, 1.54) is 14.2 Å². The molecule has 322 valence electrons. The van der Waals surface area contributed by atoms with Gasteiger partial charge in [0.05, 0.1) is 50.1 Å². The topological polar surface area (TPSA) is 175 Å². The van der Waals surface area contributed by atoms with E-state index in [0.717, 1.165) is 107 Å². The van der Waals surface area contributed by atoms with E-state index in [2.05, 4.69) is 81.3 Å². The van der Waals surface area contributed by atoms with Crippen LogP contribution in [0.1, 0.15) is 88.9 Å². The maximum Gasteiger partial charge on any atom is 0.407 e. The molecule has 5 aromatic rings. The number of nitrogens with zero attached hydrogens (tertiary/aromatic N) is 4. The van der Waals surface area contributed by atoms with Crippen molar-refractivity contribution < 1.29 is 28.7 Å². The van der Waals surface area contributed by atoms with Crippen LogP contribution in [0.2, 0.25) is 0 Å². The quantitative estimate of drug-likeness (QED) is 0.104. The van der Waals surface area contributed by atoms with Crippen LogP contribution in [0, 0.1) is 23.2 Å². The van der Waals surface area contributed by atoms with Crippen molar-refractivity contribution >= 4 is 34.8 Å². The summed E-state index contributed by atoms with van der Waals surface area (Å²) in [6.07, 6.45) is 10.4. The summed E-state index contributed by atoms with van der Waals surface area (Å²) in [7, 11) is 2.64. The minimum atomic E-state index is -0.684. The zero-order valence-electron chi connectivity index (χ0n) is 35.6. The summed E-state index contributed by atoms with van der Waals surface area (Å²) in [4.78, 5) is 72.9. The molecular weight excluding hydrogens is 785 g/mol. The van der Waals surface area contributed by atoms with Crippen molar-refractivity contribution in [1.29, 1.82) is 0 Å². The first-order valence-corrected chi connectivity index (χ1v) is 22.1. The minimum Gasteiger partial charge on any atom is -0.453 e. The molecule has 1 unspecified atom stereocenters. The van der Waals surface area contributed by atoms with Crippen LogP contribution in [-0.2, 0) is 19.1 Å². The highest BCUT2D eigenvalue weighted by Gasteiger charge is 2.56. The predicted octanol–water partition coefficient (Wildman–Crippen LogP) is 7.91. The van der Waals surface area contributed by atoms with Crippen molar-refractivity contribution in [3.8, 4) is 33.6 Å². The van der Waals surface area contributed by atoms with Crippen molar-refractivity contribution in [2.45, 2.75) is 95.4 Å². The highest BCUT2D eigenvalue weighted by Crippen LogP contribution is 2.58. The number of carbonyl (C=O) groups is 4. The fraction of sp³-hybridized carbons (Fsp3) is 0.458. The summed E-state index contributed by atoms with van der Waals surface area (Å²) in [5, 5.41) is 7.81. The van der Waals surface area contributed by atoms with Crippen LogP contribution in [0.25, 0.3) is 44.4 Å². The van der Waals surface area contributed by atoms with Crippen molar-refractivity contribution in [2.24, 2.45) is 23.2 Å². The lowest BCUT2D eigenvalue weighted by Gasteiger charge is -2.36. The maximum atomic E-state index is 14.0. The monoisotopic (exact) mass is 838 g/mol. The van der Waals surface area contributed by atoms with Crippen molar-refractivity contribution in [1.82, 2.24) is 40.4 Å². The highest BCUT2D eigenvalue weighted by molar-refractivity contribution is 5.91. The SMILES string of the molecule is COC(=O)N[C@H](C(=O)N1CC2(CC2)C[C@H]1c1ncc(-c2ccc(-c3ccc4cc(-c5cnc(C6[C@H]7CC[C@H](C7)N6C(=O)[C@@H](NC(=O)OC)C6CC6)[nH]5)ccc4c3)cc2)[nH]1)C(C)C. The summed E-state index contributed by atoms with van der Waals surface area (Å²) in [5.74, 6) is 1.80. The Kier molecular flexibility index (Phi) is 10.1. The number of hydrogen-bond donors (Lipinski definition) is 4. The van der Waals surface area contributed by atoms with E-state index in [0.29, 0.717) is 12.5 Å². The molecule has 3 saturated carbocycles. The molecule has 5 fully saturated rings. The lowest BCUT2D eigenvalue weighted by molar-refractivity contribution is -0.138. The fourth-order valence-electron chi connectivity index (χ4n) is 10.5. The van der Waals surface area contributed by atoms with Gasteiger partial charge in [-0.05, 0) is 114 Å². The molecule has 3 aliphatic carbocycles. The van der Waals surface area contributed by atoms with Gasteiger partial charge in [0.25, 0.3) is 0 Å². The van der Waals surface area contributed by atoms with E-state index in [1.807, 2.05) is 36.0 Å². The number of fused-ring (bicyclic) bond motifs is 3. The number of carbonyl (C=O) groups excluding carboxylic acids is 4. The molecular formula is C48H54N8O6. The van der Waals surface area contributed by atoms with Crippen LogP contribution in [-0.4, -0.2) is 92.6 Å². The zero-order valence-corrected chi connectivity index (χ0v) is 35.6. The molecule has 2 aromatic heterocycles. The van der Waals surface area contributed by atoms with E-state index in [1.54, 1.807) is 0 Å². The van der Waals surface area contributed by atoms with Crippen LogP contribution >= 0.6 is 0 Å². The van der Waals surface area contributed by atoms with Gasteiger partial charge in [-0.2, -0.15) is 0 Å². The molecule has 62 heavy (non-hydrogen) atoms. The summed E-state index contributed by atoms with van der Waals surface area (Å²) < 4.78 is 9.68. The fourth-order valence-corrected chi connectivity index (χ4v) is 10.5. The molecule has 4 N–H and O–H groups in total. The average molecular weight is 839 g/mol. The first kappa shape index (κ1) is 39.9. The normalized spacial score (nSPS) is 23.2. The Bertz CT molecular complexity index is 2540. The average Bonchev–Trinajstić information content (AvgIpc) is 3.84. The number of ether oxygens (including phenoxy) is 2. The number of methoxy groups -OCH3 is 2. The van der Waals surface area contributed by atoms with E-state index >= 15 is 0 Å². The zero-order chi connectivity index (χ0) is 42.9. The highest BCUT2D eigenvalue weighted by atomic mass is 16.5. The van der Waals surface area contributed by atoms with Crippen molar-refractivity contribution in [3.05, 3.63) is 84.7 Å². The molecule has 2 bridgehead atoms. The predicted molar refractivity (Wildman–Crippen MR) is 232 cm³/mol. The Labute approximate surface area is 360 Å². The second kappa shape index (κ2) is 15.6. The molecule has 6 atom stereocenters. The molecule has 2 saturated heterocycles. The van der Waals surface area contributed by atoms with Gasteiger partial charge < -0.3 is 39.9 Å². The van der Waals surface area contributed by atoms with Gasteiger partial charge in [0.15, 0.2) is 0 Å². The molecule has 2 aliphatic heterocycles. The van der Waals surface area contributed by atoms with Gasteiger partial charge in [0.1, 0.15) is 23.7 Å². The number of piperidine rings is 1. The number of benzene rings is 3. The molecule has 14 heteroatoms. The summed E-state index contributed by atoms with van der Waals surface area (Å²) >= 11 is 0. The number of imidazole rings is 2. The van der Waals surface area contributed by atoms with E-state index in [9.17, 15) is 19.2 Å². The van der Waals surface area contributed by atoms with Gasteiger partial charge in [-0.25, -0.2) is 19.6 Å². The van der Waals surface area contributed by atoms with Gasteiger partial charge in [-0.3, -0.25) is 9.59 Å². The van der Waals surface area contributed by atoms with E-state index < -0.39 is 24.3 Å². The molecule has 10 rings (SSSR count). The van der Waals surface area contributed by atoms with Crippen LogP contribution in [0.5, 0.6) is 0 Å². The van der Waals surface area contributed by atoms with Gasteiger partial charge in [-0.15, -0.1) is 0 Å². The Balaban J connectivity index is 0.832. The van der Waals surface area contributed by atoms with Crippen LogP contribution in [0.3, 0.4) is 0 Å². The lowest BCUT2D eigenvalue weighted by Crippen LogP contribution is -2.52. The number of hydrogen-bond acceptors (Lipinski definition) is 8. The first-order valence-electron chi connectivity index (χ1n) is 22.1. The summed E-state index contributed by atoms with van der Waals surface area (Å²) in [6.45, 7) is 4.52. The van der Waals surface area contributed by atoms with E-state index in [-0.39, 0.29) is 47.2 Å². The van der Waals surface area contributed by atoms with Gasteiger partial charge >= 0.3 is 12.2 Å². The Morgan fingerprint density at radius 1 is 0.742 bits per heavy atom. The van der Waals surface area contributed by atoms with Crippen LogP contribution in [0.4, 0.5) is 9.59 Å². The van der Waals surface area contributed by atoms with Crippen molar-refractivity contribution in [3.63, 3.8) is 0 Å². The molecule has 3 aromatic carbocycles. The first-order chi connectivity index (χ1) is 30.0. The molecule has 1 spiro atoms. The smallest absolute Gasteiger partial charge is 0.407 e.